The van der Waals surface area contributed by atoms with Crippen molar-refractivity contribution in [1.82, 2.24) is 10.2 Å². The van der Waals surface area contributed by atoms with E-state index in [1.807, 2.05) is 17.0 Å². The van der Waals surface area contributed by atoms with Gasteiger partial charge in [0.25, 0.3) is 5.91 Å². The van der Waals surface area contributed by atoms with Gasteiger partial charge in [-0.05, 0) is 43.4 Å². The predicted molar refractivity (Wildman–Crippen MR) is 108 cm³/mol. The van der Waals surface area contributed by atoms with Gasteiger partial charge >= 0.3 is 0 Å². The highest BCUT2D eigenvalue weighted by molar-refractivity contribution is 5.93. The molecule has 1 saturated heterocycles. The van der Waals surface area contributed by atoms with E-state index < -0.39 is 0 Å². The molecule has 0 radical (unpaired) electrons. The summed E-state index contributed by atoms with van der Waals surface area (Å²) < 4.78 is 15.6. The Hall–Kier alpha value is -2.96. The minimum absolute atomic E-state index is 0.000461. The summed E-state index contributed by atoms with van der Waals surface area (Å²) in [6.07, 6.45) is 6.19. The lowest BCUT2D eigenvalue weighted by Crippen LogP contribution is -2.40. The molecule has 1 aliphatic rings. The fraction of sp³-hybridized carbons (Fsp3) is 0.455. The number of likely N-dealkylation sites (tertiary alicyclic amines) is 1. The fourth-order valence-electron chi connectivity index (χ4n) is 3.67. The summed E-state index contributed by atoms with van der Waals surface area (Å²) in [5.41, 5.74) is 1.48. The van der Waals surface area contributed by atoms with Crippen LogP contribution in [-0.2, 0) is 11.3 Å². The van der Waals surface area contributed by atoms with Crippen molar-refractivity contribution in [2.75, 3.05) is 27.3 Å². The van der Waals surface area contributed by atoms with Gasteiger partial charge in [0.15, 0.2) is 0 Å². The number of carbonyl (C=O) groups excluding carboxylic acids is 2. The molecule has 1 N–H and O–H groups in total. The molecular formula is C22H28N2O5. The van der Waals surface area contributed by atoms with Gasteiger partial charge in [-0.1, -0.05) is 0 Å². The van der Waals surface area contributed by atoms with Gasteiger partial charge < -0.3 is 24.1 Å². The molecule has 156 valence electrons. The Labute approximate surface area is 171 Å². The van der Waals surface area contributed by atoms with Crippen LogP contribution in [0.5, 0.6) is 11.5 Å². The smallest absolute Gasteiger partial charge is 0.257 e. The van der Waals surface area contributed by atoms with Crippen LogP contribution in [0.2, 0.25) is 0 Å². The van der Waals surface area contributed by atoms with Crippen LogP contribution in [-0.4, -0.2) is 44.0 Å². The Bertz CT molecular complexity index is 819. The van der Waals surface area contributed by atoms with E-state index in [0.717, 1.165) is 31.4 Å². The molecule has 3 rings (SSSR count). The van der Waals surface area contributed by atoms with E-state index in [0.29, 0.717) is 42.5 Å². The fourth-order valence-corrected chi connectivity index (χ4v) is 3.67. The number of ether oxygens (including phenoxy) is 2. The first-order valence-corrected chi connectivity index (χ1v) is 9.89. The van der Waals surface area contributed by atoms with E-state index in [1.165, 1.54) is 12.5 Å². The van der Waals surface area contributed by atoms with Crippen molar-refractivity contribution < 1.29 is 23.5 Å². The summed E-state index contributed by atoms with van der Waals surface area (Å²) in [5.74, 6) is 1.73. The number of amides is 2. The summed E-state index contributed by atoms with van der Waals surface area (Å²) in [5, 5.41) is 2.95. The topological polar surface area (TPSA) is 81.0 Å². The average molecular weight is 400 g/mol. The van der Waals surface area contributed by atoms with Crippen LogP contribution in [0.25, 0.3) is 0 Å². The number of methoxy groups -OCH3 is 2. The number of hydrogen-bond donors (Lipinski definition) is 1. The minimum Gasteiger partial charge on any atom is -0.497 e. The Kier molecular flexibility index (Phi) is 7.16. The van der Waals surface area contributed by atoms with Gasteiger partial charge in [-0.15, -0.1) is 0 Å². The van der Waals surface area contributed by atoms with Crippen LogP contribution < -0.4 is 14.8 Å². The van der Waals surface area contributed by atoms with E-state index in [2.05, 4.69) is 5.32 Å². The van der Waals surface area contributed by atoms with Crippen molar-refractivity contribution in [1.29, 1.82) is 0 Å². The summed E-state index contributed by atoms with van der Waals surface area (Å²) in [4.78, 5) is 26.7. The first-order valence-electron chi connectivity index (χ1n) is 9.89. The standard InChI is InChI=1S/C22H28N2O5/c1-27-19-7-6-17(20(12-19)28-2)13-23-21(25)8-5-16-4-3-10-24(14-16)22(26)18-9-11-29-15-18/h6-7,9,11-12,15-16H,3-5,8,10,13-14H2,1-2H3,(H,23,25). The summed E-state index contributed by atoms with van der Waals surface area (Å²) in [6, 6.07) is 7.22. The molecule has 29 heavy (non-hydrogen) atoms. The number of furan rings is 1. The van der Waals surface area contributed by atoms with Crippen molar-refractivity contribution in [3.8, 4) is 11.5 Å². The monoisotopic (exact) mass is 400 g/mol. The second kappa shape index (κ2) is 10.0. The summed E-state index contributed by atoms with van der Waals surface area (Å²) in [7, 11) is 3.20. The van der Waals surface area contributed by atoms with Crippen LogP contribution in [0.4, 0.5) is 0 Å². The van der Waals surface area contributed by atoms with E-state index in [9.17, 15) is 9.59 Å². The van der Waals surface area contributed by atoms with Crippen molar-refractivity contribution in [3.05, 3.63) is 47.9 Å². The van der Waals surface area contributed by atoms with Gasteiger partial charge in [-0.2, -0.15) is 0 Å². The molecule has 1 aromatic carbocycles. The minimum atomic E-state index is -0.000461. The van der Waals surface area contributed by atoms with Crippen LogP contribution >= 0.6 is 0 Å². The largest absolute Gasteiger partial charge is 0.497 e. The van der Waals surface area contributed by atoms with Crippen molar-refractivity contribution in [3.63, 3.8) is 0 Å². The highest BCUT2D eigenvalue weighted by Crippen LogP contribution is 2.25. The first kappa shape index (κ1) is 20.8. The maximum atomic E-state index is 12.5. The quantitative estimate of drug-likeness (QED) is 0.736. The molecule has 0 bridgehead atoms. The maximum Gasteiger partial charge on any atom is 0.257 e. The van der Waals surface area contributed by atoms with Crippen molar-refractivity contribution >= 4 is 11.8 Å². The predicted octanol–water partition coefficient (Wildman–Crippen LogP) is 3.25. The van der Waals surface area contributed by atoms with E-state index in [-0.39, 0.29) is 11.8 Å². The molecule has 2 heterocycles. The third kappa shape index (κ3) is 5.53. The third-order valence-corrected chi connectivity index (χ3v) is 5.32. The van der Waals surface area contributed by atoms with Gasteiger partial charge in [-0.3, -0.25) is 9.59 Å². The lowest BCUT2D eigenvalue weighted by atomic mass is 9.93. The molecular weight excluding hydrogens is 372 g/mol. The number of rotatable bonds is 8. The van der Waals surface area contributed by atoms with Crippen molar-refractivity contribution in [2.24, 2.45) is 5.92 Å². The van der Waals surface area contributed by atoms with E-state index in [1.54, 1.807) is 26.4 Å². The Morgan fingerprint density at radius 1 is 1.24 bits per heavy atom. The van der Waals surface area contributed by atoms with Gasteiger partial charge in [0.05, 0.1) is 26.0 Å². The van der Waals surface area contributed by atoms with E-state index >= 15 is 0 Å². The zero-order valence-corrected chi connectivity index (χ0v) is 17.0. The van der Waals surface area contributed by atoms with Crippen LogP contribution in [0.1, 0.15) is 41.6 Å². The second-order valence-corrected chi connectivity index (χ2v) is 7.26. The molecule has 7 heteroatoms. The lowest BCUT2D eigenvalue weighted by molar-refractivity contribution is -0.121. The SMILES string of the molecule is COc1ccc(CNC(=O)CCC2CCCN(C(=O)c3ccoc3)C2)c(OC)c1. The maximum absolute atomic E-state index is 12.5. The van der Waals surface area contributed by atoms with Gasteiger partial charge in [0, 0.05) is 37.7 Å². The number of piperidine rings is 1. The highest BCUT2D eigenvalue weighted by atomic mass is 16.5. The molecule has 1 atom stereocenters. The van der Waals surface area contributed by atoms with Crippen LogP contribution in [0.15, 0.2) is 41.2 Å². The Balaban J connectivity index is 1.45. The average Bonchev–Trinajstić information content (AvgIpc) is 3.30. The van der Waals surface area contributed by atoms with Crippen LogP contribution in [0.3, 0.4) is 0 Å². The zero-order valence-electron chi connectivity index (χ0n) is 17.0. The normalized spacial score (nSPS) is 16.3. The Morgan fingerprint density at radius 3 is 2.83 bits per heavy atom. The molecule has 0 aliphatic carbocycles. The lowest BCUT2D eigenvalue weighted by Gasteiger charge is -2.32. The molecule has 1 fully saturated rings. The zero-order chi connectivity index (χ0) is 20.6. The van der Waals surface area contributed by atoms with Gasteiger partial charge in [0.1, 0.15) is 17.8 Å². The molecule has 1 aliphatic heterocycles. The van der Waals surface area contributed by atoms with Gasteiger partial charge in [0.2, 0.25) is 5.91 Å². The first-order chi connectivity index (χ1) is 14.1. The summed E-state index contributed by atoms with van der Waals surface area (Å²) >= 11 is 0. The molecule has 2 aromatic rings. The number of nitrogens with one attached hydrogen (secondary N) is 1. The molecule has 0 spiro atoms. The van der Waals surface area contributed by atoms with E-state index in [4.69, 9.17) is 13.9 Å². The molecule has 7 nitrogen and oxygen atoms in total. The molecule has 1 unspecified atom stereocenters. The summed E-state index contributed by atoms with van der Waals surface area (Å²) in [6.45, 7) is 1.84. The molecule has 0 saturated carbocycles. The number of nitrogens with zero attached hydrogens (tertiary/aromatic N) is 1. The second-order valence-electron chi connectivity index (χ2n) is 7.26. The highest BCUT2D eigenvalue weighted by Gasteiger charge is 2.25. The van der Waals surface area contributed by atoms with Gasteiger partial charge in [-0.25, -0.2) is 0 Å². The Morgan fingerprint density at radius 2 is 2.10 bits per heavy atom. The van der Waals surface area contributed by atoms with Crippen LogP contribution in [0, 0.1) is 5.92 Å². The molecule has 2 amide bonds. The third-order valence-electron chi connectivity index (χ3n) is 5.32. The number of carbonyl (C=O) groups is 2. The number of benzene rings is 1. The number of hydrogen-bond acceptors (Lipinski definition) is 5. The molecule has 1 aromatic heterocycles. The van der Waals surface area contributed by atoms with Crippen molar-refractivity contribution in [2.45, 2.75) is 32.2 Å².